The maximum absolute atomic E-state index is 5.52. The summed E-state index contributed by atoms with van der Waals surface area (Å²) < 4.78 is 7.64. The number of thiophene rings is 1. The number of rotatable bonds is 6. The number of aromatic nitrogens is 4. The molecule has 8 heteroatoms. The number of nitrogens with zero attached hydrogens (tertiary/aromatic N) is 6. The van der Waals surface area contributed by atoms with Crippen molar-refractivity contribution in [3.8, 4) is 0 Å². The fraction of sp³-hybridized carbons (Fsp3) is 0.550. The van der Waals surface area contributed by atoms with Crippen LogP contribution in [0.4, 0.5) is 0 Å². The third-order valence-corrected chi connectivity index (χ3v) is 6.90. The van der Waals surface area contributed by atoms with Crippen molar-refractivity contribution in [1.29, 1.82) is 0 Å². The normalized spacial score (nSPS) is 20.7. The SMILES string of the molecule is c1coc(CN2CCN([C@@H](c3cccs3)c3nnnn3C3CCCC3)CC2)c1. The average molecular weight is 399 g/mol. The predicted molar refractivity (Wildman–Crippen MR) is 107 cm³/mol. The van der Waals surface area contributed by atoms with Crippen LogP contribution in [-0.2, 0) is 6.54 Å². The Morgan fingerprint density at radius 3 is 2.68 bits per heavy atom. The van der Waals surface area contributed by atoms with Gasteiger partial charge in [-0.05, 0) is 46.8 Å². The molecule has 3 aromatic rings. The molecule has 5 rings (SSSR count). The van der Waals surface area contributed by atoms with Crippen molar-refractivity contribution < 1.29 is 4.42 Å². The topological polar surface area (TPSA) is 63.2 Å². The molecule has 0 radical (unpaired) electrons. The second-order valence-electron chi connectivity index (χ2n) is 7.73. The summed E-state index contributed by atoms with van der Waals surface area (Å²) in [6.45, 7) is 4.92. The first-order valence-electron chi connectivity index (χ1n) is 10.2. The molecule has 0 aromatic carbocycles. The van der Waals surface area contributed by atoms with Gasteiger partial charge in [0.2, 0.25) is 0 Å². The smallest absolute Gasteiger partial charge is 0.174 e. The fourth-order valence-electron chi connectivity index (χ4n) is 4.51. The lowest BCUT2D eigenvalue weighted by Crippen LogP contribution is -2.47. The maximum Gasteiger partial charge on any atom is 0.174 e. The highest BCUT2D eigenvalue weighted by atomic mass is 32.1. The molecule has 7 nitrogen and oxygen atoms in total. The monoisotopic (exact) mass is 398 g/mol. The molecule has 0 bridgehead atoms. The van der Waals surface area contributed by atoms with Gasteiger partial charge in [0.05, 0.1) is 18.8 Å². The van der Waals surface area contributed by atoms with Crippen molar-refractivity contribution in [3.05, 3.63) is 52.4 Å². The van der Waals surface area contributed by atoms with E-state index in [0.717, 1.165) is 44.3 Å². The van der Waals surface area contributed by atoms with Crippen LogP contribution in [0.2, 0.25) is 0 Å². The first-order valence-corrected chi connectivity index (χ1v) is 11.1. The van der Waals surface area contributed by atoms with Crippen LogP contribution in [0.5, 0.6) is 0 Å². The standard InChI is InChI=1S/C20H26N6OS/c1-2-6-16(5-1)26-20(21-22-23-26)19(18-8-4-14-28-18)25-11-9-24(10-12-25)15-17-7-3-13-27-17/h3-4,7-8,13-14,16,19H,1-2,5-6,9-12,15H2/t19-/m0/s1. The molecule has 2 aliphatic rings. The second kappa shape index (κ2) is 8.14. The van der Waals surface area contributed by atoms with E-state index in [1.54, 1.807) is 17.6 Å². The number of hydrogen-bond acceptors (Lipinski definition) is 7. The van der Waals surface area contributed by atoms with E-state index in [9.17, 15) is 0 Å². The molecule has 1 saturated heterocycles. The van der Waals surface area contributed by atoms with Gasteiger partial charge in [-0.1, -0.05) is 18.9 Å². The maximum atomic E-state index is 5.52. The molecule has 1 saturated carbocycles. The fourth-order valence-corrected chi connectivity index (χ4v) is 5.36. The van der Waals surface area contributed by atoms with E-state index in [4.69, 9.17) is 4.42 Å². The molecule has 148 valence electrons. The molecule has 1 aliphatic carbocycles. The van der Waals surface area contributed by atoms with Gasteiger partial charge >= 0.3 is 0 Å². The number of tetrazole rings is 1. The molecule has 4 heterocycles. The Kier molecular flexibility index (Phi) is 5.24. The molecule has 1 aliphatic heterocycles. The summed E-state index contributed by atoms with van der Waals surface area (Å²) >= 11 is 1.80. The van der Waals surface area contributed by atoms with E-state index in [1.807, 2.05) is 6.07 Å². The van der Waals surface area contributed by atoms with E-state index in [1.165, 1.54) is 30.6 Å². The molecule has 28 heavy (non-hydrogen) atoms. The Labute approximate surface area is 168 Å². The first-order chi connectivity index (χ1) is 13.9. The summed E-state index contributed by atoms with van der Waals surface area (Å²) in [6.07, 6.45) is 6.68. The van der Waals surface area contributed by atoms with Crippen molar-refractivity contribution in [2.24, 2.45) is 0 Å². The van der Waals surface area contributed by atoms with Crippen LogP contribution in [0.3, 0.4) is 0 Å². The van der Waals surface area contributed by atoms with Crippen molar-refractivity contribution in [2.75, 3.05) is 26.2 Å². The Balaban J connectivity index is 1.35. The molecule has 2 fully saturated rings. The number of furan rings is 1. The third-order valence-electron chi connectivity index (χ3n) is 5.98. The highest BCUT2D eigenvalue weighted by Crippen LogP contribution is 2.35. The molecule has 0 amide bonds. The zero-order valence-corrected chi connectivity index (χ0v) is 16.8. The van der Waals surface area contributed by atoms with Gasteiger partial charge in [-0.15, -0.1) is 16.4 Å². The zero-order chi connectivity index (χ0) is 18.8. The quantitative estimate of drug-likeness (QED) is 0.635. The van der Waals surface area contributed by atoms with Crippen LogP contribution in [0.1, 0.15) is 54.2 Å². The largest absolute Gasteiger partial charge is 0.468 e. The van der Waals surface area contributed by atoms with Gasteiger partial charge in [0.1, 0.15) is 11.8 Å². The lowest BCUT2D eigenvalue weighted by molar-refractivity contribution is 0.0958. The van der Waals surface area contributed by atoms with Gasteiger partial charge in [-0.25, -0.2) is 4.68 Å². The van der Waals surface area contributed by atoms with Gasteiger partial charge in [0, 0.05) is 31.1 Å². The molecule has 0 spiro atoms. The van der Waals surface area contributed by atoms with Gasteiger partial charge < -0.3 is 4.42 Å². The number of hydrogen-bond donors (Lipinski definition) is 0. The molecule has 1 atom stereocenters. The van der Waals surface area contributed by atoms with Crippen LogP contribution in [-0.4, -0.2) is 56.2 Å². The Bertz CT molecular complexity index is 847. The summed E-state index contributed by atoms with van der Waals surface area (Å²) in [6, 6.07) is 8.95. The molecular formula is C20H26N6OS. The highest BCUT2D eigenvalue weighted by molar-refractivity contribution is 7.10. The van der Waals surface area contributed by atoms with Gasteiger partial charge in [-0.2, -0.15) is 0 Å². The van der Waals surface area contributed by atoms with Crippen LogP contribution in [0.25, 0.3) is 0 Å². The average Bonchev–Trinajstić information content (AvgIpc) is 3.51. The molecule has 0 unspecified atom stereocenters. The Morgan fingerprint density at radius 2 is 1.96 bits per heavy atom. The predicted octanol–water partition coefficient (Wildman–Crippen LogP) is 3.35. The Hall–Kier alpha value is -2.03. The minimum atomic E-state index is 0.140. The first kappa shape index (κ1) is 18.0. The summed E-state index contributed by atoms with van der Waals surface area (Å²) in [5.74, 6) is 2.04. The van der Waals surface area contributed by atoms with E-state index in [0.29, 0.717) is 6.04 Å². The lowest BCUT2D eigenvalue weighted by Gasteiger charge is -2.38. The van der Waals surface area contributed by atoms with E-state index in [-0.39, 0.29) is 6.04 Å². The van der Waals surface area contributed by atoms with Crippen LogP contribution >= 0.6 is 11.3 Å². The van der Waals surface area contributed by atoms with Crippen molar-refractivity contribution in [1.82, 2.24) is 30.0 Å². The van der Waals surface area contributed by atoms with E-state index in [2.05, 4.69) is 53.6 Å². The molecular weight excluding hydrogens is 372 g/mol. The minimum absolute atomic E-state index is 0.140. The Morgan fingerprint density at radius 1 is 1.11 bits per heavy atom. The van der Waals surface area contributed by atoms with Gasteiger partial charge in [0.25, 0.3) is 0 Å². The molecule has 3 aromatic heterocycles. The van der Waals surface area contributed by atoms with Crippen molar-refractivity contribution in [2.45, 2.75) is 44.3 Å². The van der Waals surface area contributed by atoms with Crippen molar-refractivity contribution in [3.63, 3.8) is 0 Å². The third kappa shape index (κ3) is 3.64. The summed E-state index contributed by atoms with van der Waals surface area (Å²) in [4.78, 5) is 6.33. The lowest BCUT2D eigenvalue weighted by atomic mass is 10.1. The minimum Gasteiger partial charge on any atom is -0.468 e. The highest BCUT2D eigenvalue weighted by Gasteiger charge is 2.33. The zero-order valence-electron chi connectivity index (χ0n) is 16.0. The van der Waals surface area contributed by atoms with E-state index < -0.39 is 0 Å². The van der Waals surface area contributed by atoms with Gasteiger partial charge in [0.15, 0.2) is 5.82 Å². The summed E-state index contributed by atoms with van der Waals surface area (Å²) in [5.41, 5.74) is 0. The van der Waals surface area contributed by atoms with Crippen LogP contribution < -0.4 is 0 Å². The van der Waals surface area contributed by atoms with Crippen molar-refractivity contribution >= 4 is 11.3 Å². The summed E-state index contributed by atoms with van der Waals surface area (Å²) in [5, 5.41) is 15.1. The van der Waals surface area contributed by atoms with Crippen LogP contribution in [0, 0.1) is 0 Å². The van der Waals surface area contributed by atoms with E-state index >= 15 is 0 Å². The molecule has 0 N–H and O–H groups in total. The summed E-state index contributed by atoms with van der Waals surface area (Å²) in [7, 11) is 0. The number of piperazine rings is 1. The van der Waals surface area contributed by atoms with Gasteiger partial charge in [-0.3, -0.25) is 9.80 Å². The second-order valence-corrected chi connectivity index (χ2v) is 8.71. The van der Waals surface area contributed by atoms with Crippen LogP contribution in [0.15, 0.2) is 40.3 Å².